The average molecular weight is 717 g/mol. The Balaban J connectivity index is 4.70. The van der Waals surface area contributed by atoms with Crippen molar-refractivity contribution in [1.29, 1.82) is 0 Å². The van der Waals surface area contributed by atoms with Gasteiger partial charge in [-0.2, -0.15) is 0 Å². The molecule has 8 nitrogen and oxygen atoms in total. The van der Waals surface area contributed by atoms with Crippen molar-refractivity contribution in [2.75, 3.05) is 67.6 Å². The normalized spacial score (nSPS) is 13.6. The molecule has 0 amide bonds. The van der Waals surface area contributed by atoms with E-state index in [0.717, 1.165) is 72.9 Å². The molecule has 0 aliphatic heterocycles. The largest absolute Gasteiger partial charge is 0.456 e. The molecule has 0 fully saturated rings. The van der Waals surface area contributed by atoms with Crippen LogP contribution in [0.5, 0.6) is 0 Å². The maximum absolute atomic E-state index is 11.6. The van der Waals surface area contributed by atoms with Gasteiger partial charge in [-0.1, -0.05) is 24.6 Å². The predicted octanol–water partition coefficient (Wildman–Crippen LogP) is 7.43. The summed E-state index contributed by atoms with van der Waals surface area (Å²) in [6.07, 6.45) is 4.58. The standard InChI is InChI=1S/C34H72N2O6Si4/c1-31(2)33(37)39-25-23-35(5,6)21-17-19-27-43(9,10)41-45(13,14)29-30-46(15,16)42-44(11,12)28-20-18-22-36(7,8)24-26-40-34(38)32(3)4/h29-30H,1,3,17-28H2,2,4-16H3/q+2/b30-29+. The number of hydrogen-bond acceptors (Lipinski definition) is 6. The lowest BCUT2D eigenvalue weighted by Crippen LogP contribution is -2.46. The second kappa shape index (κ2) is 19.2. The highest BCUT2D eigenvalue weighted by Crippen LogP contribution is 2.25. The van der Waals surface area contributed by atoms with Crippen LogP contribution in [0, 0.1) is 0 Å². The zero-order valence-corrected chi connectivity index (χ0v) is 36.4. The first-order chi connectivity index (χ1) is 20.7. The van der Waals surface area contributed by atoms with E-state index in [9.17, 15) is 9.59 Å². The van der Waals surface area contributed by atoms with E-state index in [-0.39, 0.29) is 11.9 Å². The molecule has 0 aromatic heterocycles. The molecule has 0 radical (unpaired) electrons. The summed E-state index contributed by atoms with van der Waals surface area (Å²) in [6.45, 7) is 33.9. The fourth-order valence-corrected chi connectivity index (χ4v) is 23.6. The maximum atomic E-state index is 11.6. The lowest BCUT2D eigenvalue weighted by atomic mass is 10.3. The second-order valence-electron chi connectivity index (χ2n) is 16.8. The molecule has 0 unspecified atom stereocenters. The van der Waals surface area contributed by atoms with Gasteiger partial charge in [0, 0.05) is 11.1 Å². The molecule has 0 spiro atoms. The molecule has 0 saturated carbocycles. The van der Waals surface area contributed by atoms with Gasteiger partial charge < -0.3 is 26.7 Å². The van der Waals surface area contributed by atoms with Gasteiger partial charge in [0.15, 0.2) is 33.3 Å². The van der Waals surface area contributed by atoms with Crippen LogP contribution in [-0.2, 0) is 27.3 Å². The fraction of sp³-hybridized carbons (Fsp3) is 0.765. The van der Waals surface area contributed by atoms with Crippen LogP contribution in [0.15, 0.2) is 35.7 Å². The summed E-state index contributed by atoms with van der Waals surface area (Å²) in [5.41, 5.74) is 5.68. The Hall–Kier alpha value is -1.13. The number of esters is 2. The van der Waals surface area contributed by atoms with Crippen LogP contribution in [0.3, 0.4) is 0 Å². The predicted molar refractivity (Wildman–Crippen MR) is 205 cm³/mol. The fourth-order valence-electron chi connectivity index (χ4n) is 5.42. The van der Waals surface area contributed by atoms with Gasteiger partial charge in [-0.3, -0.25) is 0 Å². The zero-order valence-electron chi connectivity index (χ0n) is 32.4. The summed E-state index contributed by atoms with van der Waals surface area (Å²) < 4.78 is 26.1. The number of rotatable bonds is 24. The maximum Gasteiger partial charge on any atom is 0.333 e. The second-order valence-corrected chi connectivity index (χ2v) is 33.5. The topological polar surface area (TPSA) is 71.1 Å². The van der Waals surface area contributed by atoms with E-state index >= 15 is 0 Å². The number of hydrogen-bond donors (Lipinski definition) is 0. The molecule has 12 heteroatoms. The molecular weight excluding hydrogens is 645 g/mol. The van der Waals surface area contributed by atoms with Crippen LogP contribution in [0.1, 0.15) is 39.5 Å². The molecule has 46 heavy (non-hydrogen) atoms. The molecule has 0 aliphatic rings. The Kier molecular flexibility index (Phi) is 18.7. The summed E-state index contributed by atoms with van der Waals surface area (Å²) in [6, 6.07) is 2.29. The van der Waals surface area contributed by atoms with E-state index in [0.29, 0.717) is 24.4 Å². The summed E-state index contributed by atoms with van der Waals surface area (Å²) >= 11 is 0. The van der Waals surface area contributed by atoms with Crippen LogP contribution in [0.2, 0.25) is 64.5 Å². The highest BCUT2D eigenvalue weighted by Gasteiger charge is 2.35. The van der Waals surface area contributed by atoms with E-state index in [4.69, 9.17) is 17.7 Å². The summed E-state index contributed by atoms with van der Waals surface area (Å²) in [4.78, 5) is 23.3. The minimum absolute atomic E-state index is 0.307. The van der Waals surface area contributed by atoms with E-state index in [1.165, 1.54) is 0 Å². The van der Waals surface area contributed by atoms with Crippen LogP contribution >= 0.6 is 0 Å². The van der Waals surface area contributed by atoms with Crippen molar-refractivity contribution in [3.63, 3.8) is 0 Å². The third kappa shape index (κ3) is 22.4. The highest BCUT2D eigenvalue weighted by molar-refractivity contribution is 6.91. The van der Waals surface area contributed by atoms with Gasteiger partial charge in [0.25, 0.3) is 0 Å². The smallest absolute Gasteiger partial charge is 0.333 e. The average Bonchev–Trinajstić information content (AvgIpc) is 2.86. The van der Waals surface area contributed by atoms with E-state index in [2.05, 4.69) is 105 Å². The Bertz CT molecular complexity index is 959. The lowest BCUT2D eigenvalue weighted by molar-refractivity contribution is -0.890. The number of unbranched alkanes of at least 4 members (excludes halogenated alkanes) is 2. The highest BCUT2D eigenvalue weighted by atomic mass is 28.4. The number of likely N-dealkylation sites (N-methyl/N-ethyl adjacent to an activating group) is 2. The molecule has 0 aromatic rings. The molecule has 0 atom stereocenters. The van der Waals surface area contributed by atoms with Crippen LogP contribution in [0.4, 0.5) is 0 Å². The lowest BCUT2D eigenvalue weighted by Gasteiger charge is -2.35. The molecule has 0 rings (SSSR count). The molecule has 0 N–H and O–H groups in total. The van der Waals surface area contributed by atoms with E-state index in [1.54, 1.807) is 13.8 Å². The minimum atomic E-state index is -1.98. The zero-order chi connectivity index (χ0) is 36.0. The van der Waals surface area contributed by atoms with E-state index < -0.39 is 33.3 Å². The van der Waals surface area contributed by atoms with Crippen molar-refractivity contribution in [2.24, 2.45) is 0 Å². The summed E-state index contributed by atoms with van der Waals surface area (Å²) in [5.74, 6) is -0.615. The molecule has 268 valence electrons. The number of nitrogens with zero attached hydrogens (tertiary/aromatic N) is 2. The number of quaternary nitrogens is 2. The molecule has 0 aromatic carbocycles. The first-order valence-corrected chi connectivity index (χ1v) is 29.3. The van der Waals surface area contributed by atoms with Gasteiger partial charge in [0.05, 0.1) is 41.3 Å². The third-order valence-electron chi connectivity index (χ3n) is 8.11. The van der Waals surface area contributed by atoms with Crippen molar-refractivity contribution in [3.8, 4) is 0 Å². The van der Waals surface area contributed by atoms with Crippen LogP contribution < -0.4 is 0 Å². The SMILES string of the molecule is C=C(C)C(=O)OCC[N+](C)(C)CCCC[Si](C)(C)O[Si](C)(C)/C=C/[Si](C)(C)O[Si](C)(C)CCCC[N+](C)(C)CCOC(=O)C(=C)C. The van der Waals surface area contributed by atoms with Gasteiger partial charge in [-0.25, -0.2) is 9.59 Å². The van der Waals surface area contributed by atoms with E-state index in [1.807, 2.05) is 0 Å². The first kappa shape index (κ1) is 44.9. The molecule has 0 saturated heterocycles. The Morgan fingerprint density at radius 3 is 1.15 bits per heavy atom. The molecule has 0 aliphatic carbocycles. The van der Waals surface area contributed by atoms with Crippen molar-refractivity contribution >= 4 is 45.2 Å². The van der Waals surface area contributed by atoms with Gasteiger partial charge >= 0.3 is 11.9 Å². The van der Waals surface area contributed by atoms with Crippen molar-refractivity contribution in [1.82, 2.24) is 0 Å². The van der Waals surface area contributed by atoms with Crippen molar-refractivity contribution in [2.45, 2.75) is 104 Å². The number of ether oxygens (including phenoxy) is 2. The van der Waals surface area contributed by atoms with Crippen LogP contribution in [-0.4, -0.2) is 122 Å². The van der Waals surface area contributed by atoms with Gasteiger partial charge in [0.1, 0.15) is 26.3 Å². The summed E-state index contributed by atoms with van der Waals surface area (Å²) in [7, 11) is 1.20. The minimum Gasteiger partial charge on any atom is -0.456 e. The van der Waals surface area contributed by atoms with Crippen molar-refractivity contribution < 1.29 is 36.3 Å². The number of carbonyl (C=O) groups is 2. The summed E-state index contributed by atoms with van der Waals surface area (Å²) in [5, 5.41) is 0. The van der Waals surface area contributed by atoms with Gasteiger partial charge in [-0.05, 0) is 104 Å². The quantitative estimate of drug-likeness (QED) is 0.0341. The van der Waals surface area contributed by atoms with Gasteiger partial charge in [-0.15, -0.1) is 0 Å². The molecule has 0 bridgehead atoms. The Morgan fingerprint density at radius 1 is 0.565 bits per heavy atom. The first-order valence-electron chi connectivity index (χ1n) is 17.1. The third-order valence-corrected chi connectivity index (χ3v) is 22.1. The van der Waals surface area contributed by atoms with Crippen molar-refractivity contribution in [3.05, 3.63) is 35.7 Å². The molecule has 0 heterocycles. The Labute approximate surface area is 287 Å². The monoisotopic (exact) mass is 716 g/mol. The number of carbonyl (C=O) groups excluding carboxylic acids is 2. The Morgan fingerprint density at radius 2 is 0.870 bits per heavy atom. The van der Waals surface area contributed by atoms with Crippen LogP contribution in [0.25, 0.3) is 0 Å². The van der Waals surface area contributed by atoms with Gasteiger partial charge in [0.2, 0.25) is 0 Å². The molecular formula is C34H72N2O6Si4+2.